The van der Waals surface area contributed by atoms with E-state index in [0.717, 1.165) is 4.90 Å². The molecule has 0 saturated heterocycles. The van der Waals surface area contributed by atoms with Crippen molar-refractivity contribution in [2.24, 2.45) is 0 Å². The Morgan fingerprint density at radius 1 is 1.26 bits per heavy atom. The van der Waals surface area contributed by atoms with Gasteiger partial charge in [0.15, 0.2) is 0 Å². The molecule has 0 unspecified atom stereocenters. The first-order valence-electron chi connectivity index (χ1n) is 5.89. The summed E-state index contributed by atoms with van der Waals surface area (Å²) in [6.07, 6.45) is 0. The van der Waals surface area contributed by atoms with Gasteiger partial charge in [-0.05, 0) is 6.92 Å². The molecule has 110 valence electrons. The first-order chi connectivity index (χ1) is 8.92. The number of hydrogen-bond acceptors (Lipinski definition) is 4. The number of carboxylic acid groups (broad SMARTS) is 1. The number of rotatable bonds is 8. The lowest BCUT2D eigenvalue weighted by Crippen LogP contribution is -2.47. The van der Waals surface area contributed by atoms with Crippen LogP contribution in [0.15, 0.2) is 0 Å². The van der Waals surface area contributed by atoms with Crippen LogP contribution < -0.4 is 5.32 Å². The van der Waals surface area contributed by atoms with E-state index in [1.807, 2.05) is 0 Å². The van der Waals surface area contributed by atoms with Gasteiger partial charge < -0.3 is 25.0 Å². The Morgan fingerprint density at radius 3 is 2.37 bits per heavy atom. The maximum atomic E-state index is 11.9. The third kappa shape index (κ3) is 7.24. The van der Waals surface area contributed by atoms with Gasteiger partial charge in [-0.25, -0.2) is 4.79 Å². The fourth-order valence-corrected chi connectivity index (χ4v) is 1.35. The quantitative estimate of drug-likeness (QED) is 0.565. The molecule has 0 aromatic rings. The summed E-state index contributed by atoms with van der Waals surface area (Å²) in [6.45, 7) is 2.19. The number of carbonyl (C=O) groups is 3. The maximum absolute atomic E-state index is 11.9. The van der Waals surface area contributed by atoms with Crippen LogP contribution in [0, 0.1) is 0 Å². The molecule has 0 spiro atoms. The molecule has 0 rings (SSSR count). The van der Waals surface area contributed by atoms with E-state index in [2.05, 4.69) is 5.32 Å². The fraction of sp³-hybridized carbons (Fsp3) is 0.727. The summed E-state index contributed by atoms with van der Waals surface area (Å²) in [5, 5.41) is 11.2. The molecule has 19 heavy (non-hydrogen) atoms. The van der Waals surface area contributed by atoms with Crippen LogP contribution in [0.25, 0.3) is 0 Å². The molecule has 0 aliphatic rings. The monoisotopic (exact) mass is 275 g/mol. The smallest absolute Gasteiger partial charge is 0.323 e. The number of urea groups is 1. The van der Waals surface area contributed by atoms with Crippen molar-refractivity contribution in [3.63, 3.8) is 0 Å². The van der Waals surface area contributed by atoms with Crippen molar-refractivity contribution in [3.8, 4) is 0 Å². The van der Waals surface area contributed by atoms with Gasteiger partial charge in [0.05, 0.1) is 6.61 Å². The number of nitrogens with zero attached hydrogens (tertiary/aromatic N) is 2. The minimum Gasteiger partial charge on any atom is -0.480 e. The predicted molar refractivity (Wildman–Crippen MR) is 67.8 cm³/mol. The second-order valence-corrected chi connectivity index (χ2v) is 3.89. The lowest BCUT2D eigenvalue weighted by molar-refractivity contribution is -0.137. The number of likely N-dealkylation sites (N-methyl/N-ethyl adjacent to an activating group) is 2. The van der Waals surface area contributed by atoms with Gasteiger partial charge in [0, 0.05) is 27.2 Å². The van der Waals surface area contributed by atoms with E-state index in [0.29, 0.717) is 13.2 Å². The summed E-state index contributed by atoms with van der Waals surface area (Å²) in [7, 11) is 2.97. The Hall–Kier alpha value is -1.83. The summed E-state index contributed by atoms with van der Waals surface area (Å²) in [6, 6.07) is -0.494. The van der Waals surface area contributed by atoms with E-state index in [4.69, 9.17) is 9.84 Å². The van der Waals surface area contributed by atoms with Gasteiger partial charge in [-0.3, -0.25) is 9.59 Å². The van der Waals surface area contributed by atoms with Gasteiger partial charge in [-0.15, -0.1) is 0 Å². The van der Waals surface area contributed by atoms with Gasteiger partial charge in [0.2, 0.25) is 5.91 Å². The SMILES string of the molecule is CCN(CC(=O)O)C(=O)N(C)CC(=O)NCCOC. The number of amides is 3. The lowest BCUT2D eigenvalue weighted by atomic mass is 10.4. The molecule has 0 atom stereocenters. The average molecular weight is 275 g/mol. The minimum absolute atomic E-state index is 0.126. The largest absolute Gasteiger partial charge is 0.480 e. The summed E-state index contributed by atoms with van der Waals surface area (Å²) in [4.78, 5) is 36.2. The van der Waals surface area contributed by atoms with Crippen LogP contribution in [0.2, 0.25) is 0 Å². The standard InChI is InChI=1S/C11H21N3O5/c1-4-14(8-10(16)17)11(18)13(2)7-9(15)12-5-6-19-3/h4-8H2,1-3H3,(H,12,15)(H,16,17). The Labute approximate surface area is 112 Å². The van der Waals surface area contributed by atoms with Crippen LogP contribution in [0.3, 0.4) is 0 Å². The van der Waals surface area contributed by atoms with Crippen molar-refractivity contribution < 1.29 is 24.2 Å². The Bertz CT molecular complexity index is 321. The molecule has 8 heteroatoms. The molecule has 0 aliphatic heterocycles. The molecule has 0 aromatic carbocycles. The van der Waals surface area contributed by atoms with Crippen LogP contribution in [0.1, 0.15) is 6.92 Å². The van der Waals surface area contributed by atoms with Crippen molar-refractivity contribution in [1.82, 2.24) is 15.1 Å². The zero-order valence-corrected chi connectivity index (χ0v) is 11.5. The normalized spacial score (nSPS) is 9.84. The third-order valence-electron chi connectivity index (χ3n) is 2.31. The highest BCUT2D eigenvalue weighted by molar-refractivity contribution is 5.85. The lowest BCUT2D eigenvalue weighted by Gasteiger charge is -2.25. The van der Waals surface area contributed by atoms with Gasteiger partial charge in [0.1, 0.15) is 13.1 Å². The van der Waals surface area contributed by atoms with Gasteiger partial charge in [-0.2, -0.15) is 0 Å². The van der Waals surface area contributed by atoms with Crippen molar-refractivity contribution in [3.05, 3.63) is 0 Å². The van der Waals surface area contributed by atoms with Gasteiger partial charge in [0.25, 0.3) is 0 Å². The van der Waals surface area contributed by atoms with Gasteiger partial charge >= 0.3 is 12.0 Å². The summed E-state index contributed by atoms with van der Waals surface area (Å²) < 4.78 is 4.78. The van der Waals surface area contributed by atoms with Crippen LogP contribution >= 0.6 is 0 Å². The number of ether oxygens (including phenoxy) is 1. The molecule has 8 nitrogen and oxygen atoms in total. The van der Waals surface area contributed by atoms with Crippen molar-refractivity contribution in [2.45, 2.75) is 6.92 Å². The summed E-state index contributed by atoms with van der Waals surface area (Å²) >= 11 is 0. The third-order valence-corrected chi connectivity index (χ3v) is 2.31. The van der Waals surface area contributed by atoms with E-state index in [-0.39, 0.29) is 25.5 Å². The minimum atomic E-state index is -1.09. The number of nitrogens with one attached hydrogen (secondary N) is 1. The number of carbonyl (C=O) groups excluding carboxylic acids is 2. The topological polar surface area (TPSA) is 99.2 Å². The molecular weight excluding hydrogens is 254 g/mol. The van der Waals surface area contributed by atoms with E-state index < -0.39 is 12.0 Å². The van der Waals surface area contributed by atoms with E-state index in [1.54, 1.807) is 6.92 Å². The van der Waals surface area contributed by atoms with Crippen molar-refractivity contribution in [1.29, 1.82) is 0 Å². The zero-order chi connectivity index (χ0) is 14.8. The highest BCUT2D eigenvalue weighted by Crippen LogP contribution is 1.96. The van der Waals surface area contributed by atoms with E-state index >= 15 is 0 Å². The van der Waals surface area contributed by atoms with Gasteiger partial charge in [-0.1, -0.05) is 0 Å². The summed E-state index contributed by atoms with van der Waals surface area (Å²) in [5.74, 6) is -1.41. The molecule has 0 bridgehead atoms. The molecule has 0 saturated carbocycles. The molecule has 2 N–H and O–H groups in total. The molecule has 3 amide bonds. The van der Waals surface area contributed by atoms with Crippen molar-refractivity contribution >= 4 is 17.9 Å². The Kier molecular flexibility index (Phi) is 8.27. The number of aliphatic carboxylic acids is 1. The van der Waals surface area contributed by atoms with Crippen molar-refractivity contribution in [2.75, 3.05) is 46.9 Å². The second kappa shape index (κ2) is 9.15. The first kappa shape index (κ1) is 17.2. The molecule has 0 fully saturated rings. The zero-order valence-electron chi connectivity index (χ0n) is 11.5. The molecule has 0 aromatic heterocycles. The summed E-state index contributed by atoms with van der Waals surface area (Å²) in [5.41, 5.74) is 0. The Balaban J connectivity index is 4.23. The fourth-order valence-electron chi connectivity index (χ4n) is 1.35. The van der Waals surface area contributed by atoms with Crippen LogP contribution in [-0.2, 0) is 14.3 Å². The molecule has 0 aliphatic carbocycles. The van der Waals surface area contributed by atoms with Crippen LogP contribution in [0.5, 0.6) is 0 Å². The van der Waals surface area contributed by atoms with Crippen LogP contribution in [-0.4, -0.2) is 79.8 Å². The maximum Gasteiger partial charge on any atom is 0.323 e. The number of hydrogen-bond donors (Lipinski definition) is 2. The second-order valence-electron chi connectivity index (χ2n) is 3.89. The average Bonchev–Trinajstić information content (AvgIpc) is 2.35. The number of carboxylic acids is 1. The Morgan fingerprint density at radius 2 is 1.89 bits per heavy atom. The molecule has 0 heterocycles. The van der Waals surface area contributed by atoms with Crippen LogP contribution in [0.4, 0.5) is 4.79 Å². The molecule has 0 radical (unpaired) electrons. The number of methoxy groups -OCH3 is 1. The van der Waals surface area contributed by atoms with E-state index in [1.165, 1.54) is 19.1 Å². The predicted octanol–water partition coefficient (Wildman–Crippen LogP) is -0.793. The highest BCUT2D eigenvalue weighted by atomic mass is 16.5. The molecular formula is C11H21N3O5. The highest BCUT2D eigenvalue weighted by Gasteiger charge is 2.20. The first-order valence-corrected chi connectivity index (χ1v) is 5.89. The van der Waals surface area contributed by atoms with E-state index in [9.17, 15) is 14.4 Å².